The van der Waals surface area contributed by atoms with Gasteiger partial charge in [-0.25, -0.2) is 4.98 Å². The van der Waals surface area contributed by atoms with Gasteiger partial charge in [-0.2, -0.15) is 0 Å². The zero-order valence-corrected chi connectivity index (χ0v) is 18.1. The maximum atomic E-state index is 4.80. The first-order valence-corrected chi connectivity index (χ1v) is 11.8. The van der Waals surface area contributed by atoms with Crippen LogP contribution in [0.5, 0.6) is 0 Å². The highest BCUT2D eigenvalue weighted by atomic mass is 32.2. The van der Waals surface area contributed by atoms with Crippen molar-refractivity contribution in [2.24, 2.45) is 4.99 Å². The van der Waals surface area contributed by atoms with Crippen molar-refractivity contribution in [1.29, 1.82) is 0 Å². The summed E-state index contributed by atoms with van der Waals surface area (Å²) >= 11 is 3.76. The molecule has 5 nitrogen and oxygen atoms in total. The van der Waals surface area contributed by atoms with Gasteiger partial charge in [-0.05, 0) is 37.8 Å². The predicted molar refractivity (Wildman–Crippen MR) is 121 cm³/mol. The first-order valence-electron chi connectivity index (χ1n) is 10.1. The molecule has 28 heavy (non-hydrogen) atoms. The van der Waals surface area contributed by atoms with Gasteiger partial charge in [0, 0.05) is 54.7 Å². The van der Waals surface area contributed by atoms with Crippen LogP contribution in [0.25, 0.3) is 0 Å². The van der Waals surface area contributed by atoms with Crippen molar-refractivity contribution in [3.63, 3.8) is 0 Å². The molecular formula is C21H29N5S2. The lowest BCUT2D eigenvalue weighted by Crippen LogP contribution is -2.41. The monoisotopic (exact) mass is 415 g/mol. The Hall–Kier alpha value is -1.73. The van der Waals surface area contributed by atoms with Crippen LogP contribution in [0.3, 0.4) is 0 Å². The third-order valence-corrected chi connectivity index (χ3v) is 7.72. The van der Waals surface area contributed by atoms with E-state index in [9.17, 15) is 0 Å². The maximum Gasteiger partial charge on any atom is 0.191 e. The summed E-state index contributed by atoms with van der Waals surface area (Å²) in [6.07, 6.45) is 6.03. The molecule has 7 heteroatoms. The fourth-order valence-corrected chi connectivity index (χ4v) is 5.59. The third kappa shape index (κ3) is 5.20. The molecule has 1 aliphatic carbocycles. The van der Waals surface area contributed by atoms with E-state index in [1.54, 1.807) is 11.3 Å². The summed E-state index contributed by atoms with van der Waals surface area (Å²) in [6, 6.07) is 10.7. The molecule has 1 saturated carbocycles. The van der Waals surface area contributed by atoms with Crippen LogP contribution in [-0.2, 0) is 6.42 Å². The predicted octanol–water partition coefficient (Wildman–Crippen LogP) is 3.78. The summed E-state index contributed by atoms with van der Waals surface area (Å²) in [7, 11) is 1.84. The molecule has 1 aromatic heterocycles. The van der Waals surface area contributed by atoms with Crippen LogP contribution in [0.1, 0.15) is 31.4 Å². The second-order valence-corrected chi connectivity index (χ2v) is 9.89. The molecule has 0 atom stereocenters. The van der Waals surface area contributed by atoms with Crippen LogP contribution < -0.4 is 15.5 Å². The molecule has 1 aliphatic heterocycles. The van der Waals surface area contributed by atoms with E-state index in [2.05, 4.69) is 56.2 Å². The van der Waals surface area contributed by atoms with Crippen molar-refractivity contribution in [3.8, 4) is 0 Å². The average molecular weight is 416 g/mol. The average Bonchev–Trinajstić information content (AvgIpc) is 3.13. The van der Waals surface area contributed by atoms with Gasteiger partial charge < -0.3 is 15.5 Å². The van der Waals surface area contributed by atoms with Crippen LogP contribution in [0.15, 0.2) is 45.6 Å². The van der Waals surface area contributed by atoms with Gasteiger partial charge in [0.15, 0.2) is 11.1 Å². The summed E-state index contributed by atoms with van der Waals surface area (Å²) < 4.78 is 0.318. The molecule has 1 aromatic carbocycles. The molecule has 2 aliphatic rings. The van der Waals surface area contributed by atoms with E-state index >= 15 is 0 Å². The molecule has 0 unspecified atom stereocenters. The van der Waals surface area contributed by atoms with E-state index < -0.39 is 0 Å². The number of thioether (sulfide) groups is 1. The maximum absolute atomic E-state index is 4.80. The second-order valence-electron chi connectivity index (χ2n) is 7.52. The minimum Gasteiger partial charge on any atom is -0.356 e. The molecule has 2 fully saturated rings. The molecule has 0 radical (unpaired) electrons. The minimum atomic E-state index is 0.318. The van der Waals surface area contributed by atoms with E-state index in [1.165, 1.54) is 41.4 Å². The highest BCUT2D eigenvalue weighted by molar-refractivity contribution is 8.01. The zero-order valence-electron chi connectivity index (χ0n) is 16.5. The Morgan fingerprint density at radius 1 is 1.21 bits per heavy atom. The van der Waals surface area contributed by atoms with E-state index in [0.717, 1.165) is 38.6 Å². The fraction of sp³-hybridized carbons (Fsp3) is 0.524. The highest BCUT2D eigenvalue weighted by Gasteiger charge is 2.43. The third-order valence-electron chi connectivity index (χ3n) is 5.28. The van der Waals surface area contributed by atoms with Crippen molar-refractivity contribution < 1.29 is 0 Å². The summed E-state index contributed by atoms with van der Waals surface area (Å²) in [5.74, 6) is 0.884. The van der Waals surface area contributed by atoms with Gasteiger partial charge >= 0.3 is 0 Å². The Bertz CT molecular complexity index is 779. The number of hydrogen-bond acceptors (Lipinski definition) is 5. The molecule has 2 aromatic rings. The molecule has 0 bridgehead atoms. The number of rotatable bonds is 8. The van der Waals surface area contributed by atoms with Crippen LogP contribution in [0, 0.1) is 0 Å². The lowest BCUT2D eigenvalue weighted by molar-refractivity contribution is 0.756. The smallest absolute Gasteiger partial charge is 0.191 e. The Morgan fingerprint density at radius 3 is 2.71 bits per heavy atom. The molecule has 2 heterocycles. The Morgan fingerprint density at radius 2 is 2.00 bits per heavy atom. The van der Waals surface area contributed by atoms with Crippen LogP contribution in [-0.4, -0.2) is 48.9 Å². The summed E-state index contributed by atoms with van der Waals surface area (Å²) in [5, 5.41) is 10.3. The quantitative estimate of drug-likeness (QED) is 0.508. The van der Waals surface area contributed by atoms with Gasteiger partial charge in [-0.15, -0.1) is 23.1 Å². The number of guanidine groups is 1. The Labute approximate surface area is 176 Å². The number of anilines is 1. The molecule has 0 amide bonds. The van der Waals surface area contributed by atoms with Gasteiger partial charge in [0.1, 0.15) is 0 Å². The molecule has 0 spiro atoms. The molecule has 150 valence electrons. The number of aliphatic imine (C=N–C) groups is 1. The van der Waals surface area contributed by atoms with Gasteiger partial charge in [0.05, 0.1) is 5.69 Å². The fourth-order valence-electron chi connectivity index (χ4n) is 3.43. The summed E-state index contributed by atoms with van der Waals surface area (Å²) in [5.41, 5.74) is 1.17. The van der Waals surface area contributed by atoms with Gasteiger partial charge in [0.25, 0.3) is 0 Å². The van der Waals surface area contributed by atoms with Gasteiger partial charge in [-0.1, -0.05) is 18.2 Å². The molecule has 1 saturated heterocycles. The lowest BCUT2D eigenvalue weighted by Gasteiger charge is -2.18. The number of nitrogens with one attached hydrogen (secondary N) is 2. The van der Waals surface area contributed by atoms with Crippen LogP contribution >= 0.6 is 23.1 Å². The standard InChI is InChI=1S/C21H29N5S2/c1-22-19(24-16-21(10-11-21)28-18-7-3-2-4-8-18)23-12-9-17-15-27-20(25-17)26-13-5-6-14-26/h2-4,7-8,15H,5-6,9-14,16H2,1H3,(H2,22,23,24). The largest absolute Gasteiger partial charge is 0.356 e. The first kappa shape index (κ1) is 19.6. The van der Waals surface area contributed by atoms with Crippen LogP contribution in [0.4, 0.5) is 5.13 Å². The highest BCUT2D eigenvalue weighted by Crippen LogP contribution is 2.51. The Kier molecular flexibility index (Phi) is 6.42. The van der Waals surface area contributed by atoms with E-state index in [-0.39, 0.29) is 0 Å². The number of hydrogen-bond donors (Lipinski definition) is 2. The van der Waals surface area contributed by atoms with Gasteiger partial charge in [0.2, 0.25) is 0 Å². The van der Waals surface area contributed by atoms with Crippen molar-refractivity contribution in [1.82, 2.24) is 15.6 Å². The van der Waals surface area contributed by atoms with E-state index in [4.69, 9.17) is 4.98 Å². The number of nitrogens with zero attached hydrogens (tertiary/aromatic N) is 3. The lowest BCUT2D eigenvalue weighted by atomic mass is 10.3. The number of benzene rings is 1. The summed E-state index contributed by atoms with van der Waals surface area (Å²) in [6.45, 7) is 4.11. The van der Waals surface area contributed by atoms with Crippen molar-refractivity contribution in [2.75, 3.05) is 38.1 Å². The topological polar surface area (TPSA) is 52.6 Å². The Balaban J connectivity index is 1.20. The van der Waals surface area contributed by atoms with Crippen molar-refractivity contribution in [3.05, 3.63) is 41.4 Å². The number of thiazole rings is 1. The second kappa shape index (κ2) is 9.18. The normalized spacial score (nSPS) is 18.3. The van der Waals surface area contributed by atoms with Crippen LogP contribution in [0.2, 0.25) is 0 Å². The number of aromatic nitrogens is 1. The van der Waals surface area contributed by atoms with Crippen molar-refractivity contribution >= 4 is 34.2 Å². The molecule has 2 N–H and O–H groups in total. The SMILES string of the molecule is CN=C(NCCc1csc(N2CCCC2)n1)NCC1(Sc2ccccc2)CC1. The van der Waals surface area contributed by atoms with Crippen molar-refractivity contribution in [2.45, 2.75) is 41.7 Å². The molecular weight excluding hydrogens is 386 g/mol. The first-order chi connectivity index (χ1) is 13.8. The minimum absolute atomic E-state index is 0.318. The van der Waals surface area contributed by atoms with E-state index in [0.29, 0.717) is 4.75 Å². The van der Waals surface area contributed by atoms with Gasteiger partial charge in [-0.3, -0.25) is 4.99 Å². The van der Waals surface area contributed by atoms with E-state index in [1.807, 2.05) is 18.8 Å². The zero-order chi connectivity index (χ0) is 19.2. The molecule has 4 rings (SSSR count). The summed E-state index contributed by atoms with van der Waals surface area (Å²) in [4.78, 5) is 12.9.